The number of fused-ring (bicyclic) bond motifs is 1. The Hall–Kier alpha value is -4.06. The molecule has 4 aromatic rings. The number of nitrogens with one attached hydrogen (secondary N) is 4. The van der Waals surface area contributed by atoms with Crippen molar-refractivity contribution in [2.75, 3.05) is 17.2 Å². The minimum Gasteiger partial charge on any atom is -0.361 e. The van der Waals surface area contributed by atoms with Crippen LogP contribution in [0.1, 0.15) is 5.56 Å². The zero-order chi connectivity index (χ0) is 20.8. The number of amides is 2. The Kier molecular flexibility index (Phi) is 5.75. The maximum absolute atomic E-state index is 12.1. The van der Waals surface area contributed by atoms with E-state index < -0.39 is 11.8 Å². The number of aromatic amines is 1. The lowest BCUT2D eigenvalue weighted by Gasteiger charge is -2.09. The Bertz CT molecular complexity index is 1150. The van der Waals surface area contributed by atoms with Crippen molar-refractivity contribution in [1.29, 1.82) is 0 Å². The largest absolute Gasteiger partial charge is 0.361 e. The molecule has 6 nitrogen and oxygen atoms in total. The highest BCUT2D eigenvalue weighted by Gasteiger charge is 2.13. The van der Waals surface area contributed by atoms with Crippen LogP contribution in [0.25, 0.3) is 10.9 Å². The van der Waals surface area contributed by atoms with Crippen molar-refractivity contribution < 1.29 is 9.59 Å². The molecule has 0 aliphatic rings. The van der Waals surface area contributed by atoms with Gasteiger partial charge >= 0.3 is 11.8 Å². The first-order chi connectivity index (χ1) is 14.7. The summed E-state index contributed by atoms with van der Waals surface area (Å²) in [5.41, 5.74) is 4.59. The number of para-hydroxylation sites is 2. The van der Waals surface area contributed by atoms with E-state index in [1.165, 1.54) is 0 Å². The molecule has 1 aromatic heterocycles. The average molecular weight is 398 g/mol. The molecular weight excluding hydrogens is 376 g/mol. The summed E-state index contributed by atoms with van der Waals surface area (Å²) >= 11 is 0. The van der Waals surface area contributed by atoms with E-state index in [0.717, 1.165) is 27.8 Å². The fourth-order valence-corrected chi connectivity index (χ4v) is 3.24. The molecule has 0 bridgehead atoms. The molecule has 3 aromatic carbocycles. The quantitative estimate of drug-likeness (QED) is 0.367. The van der Waals surface area contributed by atoms with E-state index in [1.54, 1.807) is 12.1 Å². The van der Waals surface area contributed by atoms with E-state index in [0.29, 0.717) is 18.7 Å². The molecule has 30 heavy (non-hydrogen) atoms. The summed E-state index contributed by atoms with van der Waals surface area (Å²) in [5.74, 6) is -1.33. The summed E-state index contributed by atoms with van der Waals surface area (Å²) in [5, 5.41) is 9.69. The minimum atomic E-state index is -0.683. The second-order valence-corrected chi connectivity index (χ2v) is 6.89. The number of hydrogen-bond acceptors (Lipinski definition) is 3. The van der Waals surface area contributed by atoms with Gasteiger partial charge in [0.1, 0.15) is 0 Å². The van der Waals surface area contributed by atoms with Crippen molar-refractivity contribution in [3.63, 3.8) is 0 Å². The van der Waals surface area contributed by atoms with Gasteiger partial charge < -0.3 is 20.9 Å². The summed E-state index contributed by atoms with van der Waals surface area (Å²) in [7, 11) is 0. The van der Waals surface area contributed by atoms with Crippen LogP contribution in [0.5, 0.6) is 0 Å². The van der Waals surface area contributed by atoms with Gasteiger partial charge in [0, 0.05) is 40.7 Å². The molecule has 0 atom stereocenters. The van der Waals surface area contributed by atoms with Crippen molar-refractivity contribution in [2.45, 2.75) is 6.42 Å². The van der Waals surface area contributed by atoms with Crippen molar-refractivity contribution in [2.24, 2.45) is 0 Å². The number of hydrogen-bond donors (Lipinski definition) is 4. The molecule has 150 valence electrons. The summed E-state index contributed by atoms with van der Waals surface area (Å²) in [6.45, 7) is 0.383. The van der Waals surface area contributed by atoms with Gasteiger partial charge in [0.05, 0.1) is 0 Å². The molecule has 4 N–H and O–H groups in total. The minimum absolute atomic E-state index is 0.383. The SMILES string of the molecule is O=C(NCCc1c[nH]c2ccccc12)C(=O)Nc1ccc(Nc2ccccc2)cc1. The van der Waals surface area contributed by atoms with E-state index in [2.05, 4.69) is 20.9 Å². The molecule has 0 aliphatic heterocycles. The average Bonchev–Trinajstić information content (AvgIpc) is 3.19. The lowest BCUT2D eigenvalue weighted by Crippen LogP contribution is -2.36. The number of carbonyl (C=O) groups excluding carboxylic acids is 2. The Morgan fingerprint density at radius 3 is 2.20 bits per heavy atom. The second kappa shape index (κ2) is 8.96. The molecule has 6 heteroatoms. The molecule has 2 amide bonds. The predicted octanol–water partition coefficient (Wildman–Crippen LogP) is 4.21. The molecular formula is C24H22N4O2. The Balaban J connectivity index is 1.26. The summed E-state index contributed by atoms with van der Waals surface area (Å²) in [4.78, 5) is 27.5. The normalized spacial score (nSPS) is 10.5. The van der Waals surface area contributed by atoms with Gasteiger partial charge in [0.2, 0.25) is 0 Å². The molecule has 0 radical (unpaired) electrons. The van der Waals surface area contributed by atoms with Crippen LogP contribution in [0, 0.1) is 0 Å². The van der Waals surface area contributed by atoms with Crippen LogP contribution in [0.15, 0.2) is 85.1 Å². The Morgan fingerprint density at radius 1 is 0.733 bits per heavy atom. The Morgan fingerprint density at radius 2 is 1.40 bits per heavy atom. The van der Waals surface area contributed by atoms with Gasteiger partial charge in [0.25, 0.3) is 0 Å². The van der Waals surface area contributed by atoms with E-state index in [1.807, 2.05) is 72.9 Å². The highest BCUT2D eigenvalue weighted by molar-refractivity contribution is 6.39. The van der Waals surface area contributed by atoms with Gasteiger partial charge in [-0.2, -0.15) is 0 Å². The Labute approximate surface area is 174 Å². The summed E-state index contributed by atoms with van der Waals surface area (Å²) in [6, 6.07) is 25.0. The fraction of sp³-hybridized carbons (Fsp3) is 0.0833. The van der Waals surface area contributed by atoms with Crippen molar-refractivity contribution in [3.8, 4) is 0 Å². The predicted molar refractivity (Wildman–Crippen MR) is 120 cm³/mol. The number of rotatable bonds is 6. The number of carbonyl (C=O) groups is 2. The van der Waals surface area contributed by atoms with Crippen molar-refractivity contribution in [1.82, 2.24) is 10.3 Å². The molecule has 1 heterocycles. The van der Waals surface area contributed by atoms with E-state index in [9.17, 15) is 9.59 Å². The van der Waals surface area contributed by atoms with Gasteiger partial charge in [-0.05, 0) is 54.4 Å². The molecule has 0 saturated heterocycles. The third kappa shape index (κ3) is 4.67. The van der Waals surface area contributed by atoms with Crippen molar-refractivity contribution in [3.05, 3.63) is 90.6 Å². The van der Waals surface area contributed by atoms with Crippen LogP contribution in [-0.4, -0.2) is 23.3 Å². The molecule has 0 fully saturated rings. The fourth-order valence-electron chi connectivity index (χ4n) is 3.24. The van der Waals surface area contributed by atoms with Gasteiger partial charge in [-0.25, -0.2) is 0 Å². The van der Waals surface area contributed by atoms with Gasteiger partial charge in [-0.1, -0.05) is 36.4 Å². The second-order valence-electron chi connectivity index (χ2n) is 6.89. The maximum Gasteiger partial charge on any atom is 0.313 e. The number of benzene rings is 3. The van der Waals surface area contributed by atoms with E-state index in [4.69, 9.17) is 0 Å². The first-order valence-corrected chi connectivity index (χ1v) is 9.75. The topological polar surface area (TPSA) is 86.0 Å². The molecule has 4 rings (SSSR count). The van der Waals surface area contributed by atoms with Crippen LogP contribution in [0.2, 0.25) is 0 Å². The molecule has 0 saturated carbocycles. The lowest BCUT2D eigenvalue weighted by molar-refractivity contribution is -0.136. The first kappa shape index (κ1) is 19.3. The summed E-state index contributed by atoms with van der Waals surface area (Å²) in [6.07, 6.45) is 2.57. The highest BCUT2D eigenvalue weighted by Crippen LogP contribution is 2.19. The van der Waals surface area contributed by atoms with Crippen LogP contribution in [0.3, 0.4) is 0 Å². The van der Waals surface area contributed by atoms with Crippen LogP contribution in [-0.2, 0) is 16.0 Å². The zero-order valence-corrected chi connectivity index (χ0v) is 16.3. The number of H-pyrrole nitrogens is 1. The monoisotopic (exact) mass is 398 g/mol. The first-order valence-electron chi connectivity index (χ1n) is 9.75. The number of aromatic nitrogens is 1. The van der Waals surface area contributed by atoms with Gasteiger partial charge in [0.15, 0.2) is 0 Å². The smallest absolute Gasteiger partial charge is 0.313 e. The molecule has 0 spiro atoms. The van der Waals surface area contributed by atoms with Crippen LogP contribution >= 0.6 is 0 Å². The van der Waals surface area contributed by atoms with E-state index in [-0.39, 0.29) is 0 Å². The van der Waals surface area contributed by atoms with E-state index >= 15 is 0 Å². The van der Waals surface area contributed by atoms with Gasteiger partial charge in [-0.3, -0.25) is 9.59 Å². The number of anilines is 3. The lowest BCUT2D eigenvalue weighted by atomic mass is 10.1. The molecule has 0 aliphatic carbocycles. The van der Waals surface area contributed by atoms with Crippen molar-refractivity contribution >= 4 is 39.8 Å². The maximum atomic E-state index is 12.1. The third-order valence-corrected chi connectivity index (χ3v) is 4.77. The van der Waals surface area contributed by atoms with Gasteiger partial charge in [-0.15, -0.1) is 0 Å². The summed E-state index contributed by atoms with van der Waals surface area (Å²) < 4.78 is 0. The zero-order valence-electron chi connectivity index (χ0n) is 16.3. The standard InChI is InChI=1S/C24H22N4O2/c29-23(25-15-14-17-16-26-22-9-5-4-8-21(17)22)24(30)28-20-12-10-19(11-13-20)27-18-6-2-1-3-7-18/h1-13,16,26-27H,14-15H2,(H,25,29)(H,28,30). The highest BCUT2D eigenvalue weighted by atomic mass is 16.2. The van der Waals surface area contributed by atoms with Crippen LogP contribution < -0.4 is 16.0 Å². The van der Waals surface area contributed by atoms with Crippen LogP contribution in [0.4, 0.5) is 17.1 Å². The third-order valence-electron chi connectivity index (χ3n) is 4.77. The molecule has 0 unspecified atom stereocenters.